The van der Waals surface area contributed by atoms with Crippen molar-refractivity contribution in [2.45, 2.75) is 6.42 Å². The van der Waals surface area contributed by atoms with Gasteiger partial charge in [-0.05, 0) is 40.0 Å². The molecule has 18 heavy (non-hydrogen) atoms. The van der Waals surface area contributed by atoms with Crippen LogP contribution in [0.2, 0.25) is 0 Å². The Hall–Kier alpha value is -1.49. The highest BCUT2D eigenvalue weighted by atomic mass is 79.9. The SMILES string of the molecule is Fc1ccc(CCNc2cncc(Br)c2)c(F)c1. The van der Waals surface area contributed by atoms with Crippen LogP contribution in [0.25, 0.3) is 0 Å². The molecule has 1 N–H and O–H groups in total. The van der Waals surface area contributed by atoms with Gasteiger partial charge in [0.25, 0.3) is 0 Å². The van der Waals surface area contributed by atoms with E-state index < -0.39 is 11.6 Å². The minimum absolute atomic E-state index is 0.485. The molecular weight excluding hydrogens is 302 g/mol. The smallest absolute Gasteiger partial charge is 0.129 e. The molecule has 0 fully saturated rings. The Morgan fingerprint density at radius 3 is 2.72 bits per heavy atom. The molecular formula is C13H11BrF2N2. The average molecular weight is 313 g/mol. The number of benzene rings is 1. The Morgan fingerprint density at radius 1 is 1.17 bits per heavy atom. The Kier molecular flexibility index (Phi) is 4.25. The minimum atomic E-state index is -0.555. The third-order valence-corrected chi connectivity index (χ3v) is 2.88. The van der Waals surface area contributed by atoms with Crippen LogP contribution < -0.4 is 5.32 Å². The molecule has 2 aromatic rings. The Bertz CT molecular complexity index is 546. The molecule has 1 aromatic heterocycles. The minimum Gasteiger partial charge on any atom is -0.383 e. The summed E-state index contributed by atoms with van der Waals surface area (Å²) in [7, 11) is 0. The van der Waals surface area contributed by atoms with E-state index in [1.165, 1.54) is 12.1 Å². The monoisotopic (exact) mass is 312 g/mol. The lowest BCUT2D eigenvalue weighted by Crippen LogP contribution is -2.06. The highest BCUT2D eigenvalue weighted by Gasteiger charge is 2.03. The quantitative estimate of drug-likeness (QED) is 0.929. The van der Waals surface area contributed by atoms with Gasteiger partial charge >= 0.3 is 0 Å². The molecule has 2 rings (SSSR count). The number of aromatic nitrogens is 1. The fraction of sp³-hybridized carbons (Fsp3) is 0.154. The van der Waals surface area contributed by atoms with Crippen LogP contribution in [-0.4, -0.2) is 11.5 Å². The van der Waals surface area contributed by atoms with Gasteiger partial charge < -0.3 is 5.32 Å². The van der Waals surface area contributed by atoms with Gasteiger partial charge in [-0.1, -0.05) is 6.07 Å². The number of rotatable bonds is 4. The molecule has 0 aliphatic heterocycles. The fourth-order valence-corrected chi connectivity index (χ4v) is 1.94. The highest BCUT2D eigenvalue weighted by Crippen LogP contribution is 2.14. The molecule has 5 heteroatoms. The van der Waals surface area contributed by atoms with E-state index in [9.17, 15) is 8.78 Å². The van der Waals surface area contributed by atoms with Crippen LogP contribution >= 0.6 is 15.9 Å². The van der Waals surface area contributed by atoms with Gasteiger partial charge in [-0.2, -0.15) is 0 Å². The topological polar surface area (TPSA) is 24.9 Å². The van der Waals surface area contributed by atoms with Crippen molar-refractivity contribution < 1.29 is 8.78 Å². The molecule has 0 aliphatic rings. The largest absolute Gasteiger partial charge is 0.383 e. The zero-order chi connectivity index (χ0) is 13.0. The molecule has 94 valence electrons. The molecule has 0 saturated heterocycles. The van der Waals surface area contributed by atoms with Crippen molar-refractivity contribution >= 4 is 21.6 Å². The number of anilines is 1. The van der Waals surface area contributed by atoms with Crippen LogP contribution in [0, 0.1) is 11.6 Å². The molecule has 0 amide bonds. The van der Waals surface area contributed by atoms with Crippen molar-refractivity contribution in [2.24, 2.45) is 0 Å². The lowest BCUT2D eigenvalue weighted by Gasteiger charge is -2.07. The third kappa shape index (κ3) is 3.50. The molecule has 0 spiro atoms. The van der Waals surface area contributed by atoms with Crippen molar-refractivity contribution in [3.63, 3.8) is 0 Å². The van der Waals surface area contributed by atoms with Gasteiger partial charge in [-0.3, -0.25) is 4.98 Å². The maximum Gasteiger partial charge on any atom is 0.129 e. The second kappa shape index (κ2) is 5.91. The third-order valence-electron chi connectivity index (χ3n) is 2.44. The molecule has 0 unspecified atom stereocenters. The first-order chi connectivity index (χ1) is 8.65. The van der Waals surface area contributed by atoms with Crippen molar-refractivity contribution in [2.75, 3.05) is 11.9 Å². The standard InChI is InChI=1S/C13H11BrF2N2/c14-10-5-12(8-17-7-10)18-4-3-9-1-2-11(15)6-13(9)16/h1-2,5-8,18H,3-4H2. The summed E-state index contributed by atoms with van der Waals surface area (Å²) in [6.45, 7) is 0.556. The molecule has 0 atom stereocenters. The Balaban J connectivity index is 1.92. The van der Waals surface area contributed by atoms with Crippen LogP contribution in [0.5, 0.6) is 0 Å². The summed E-state index contributed by atoms with van der Waals surface area (Å²) in [5, 5.41) is 3.12. The van der Waals surface area contributed by atoms with Crippen LogP contribution in [0.3, 0.4) is 0 Å². The molecule has 1 heterocycles. The zero-order valence-electron chi connectivity index (χ0n) is 9.46. The van der Waals surface area contributed by atoms with Gasteiger partial charge in [0, 0.05) is 23.3 Å². The maximum absolute atomic E-state index is 13.4. The van der Waals surface area contributed by atoms with E-state index in [1.54, 1.807) is 12.4 Å². The van der Waals surface area contributed by atoms with Gasteiger partial charge in [0.05, 0.1) is 11.9 Å². The number of hydrogen-bond acceptors (Lipinski definition) is 2. The summed E-state index contributed by atoms with van der Waals surface area (Å²) in [6.07, 6.45) is 3.86. The van der Waals surface area contributed by atoms with Crippen molar-refractivity contribution in [1.82, 2.24) is 4.98 Å². The van der Waals surface area contributed by atoms with E-state index in [4.69, 9.17) is 0 Å². The van der Waals surface area contributed by atoms with E-state index in [0.29, 0.717) is 18.5 Å². The van der Waals surface area contributed by atoms with Gasteiger partial charge in [0.1, 0.15) is 11.6 Å². The highest BCUT2D eigenvalue weighted by molar-refractivity contribution is 9.10. The summed E-state index contributed by atoms with van der Waals surface area (Å²) >= 11 is 3.31. The summed E-state index contributed by atoms with van der Waals surface area (Å²) in [5.74, 6) is -1.07. The van der Waals surface area contributed by atoms with Crippen LogP contribution in [-0.2, 0) is 6.42 Å². The number of halogens is 3. The number of hydrogen-bond donors (Lipinski definition) is 1. The summed E-state index contributed by atoms with van der Waals surface area (Å²) in [4.78, 5) is 4.01. The number of nitrogens with one attached hydrogen (secondary N) is 1. The summed E-state index contributed by atoms with van der Waals surface area (Å²) in [5.41, 5.74) is 1.35. The van der Waals surface area contributed by atoms with Gasteiger partial charge in [-0.15, -0.1) is 0 Å². The fourth-order valence-electron chi connectivity index (χ4n) is 1.57. The summed E-state index contributed by atoms with van der Waals surface area (Å²) in [6, 6.07) is 5.51. The maximum atomic E-state index is 13.4. The van der Waals surface area contributed by atoms with Crippen molar-refractivity contribution in [3.8, 4) is 0 Å². The normalized spacial score (nSPS) is 10.4. The molecule has 2 nitrogen and oxygen atoms in total. The number of nitrogens with zero attached hydrogens (tertiary/aromatic N) is 1. The Morgan fingerprint density at radius 2 is 2.00 bits per heavy atom. The first kappa shape index (κ1) is 13.0. The summed E-state index contributed by atoms with van der Waals surface area (Å²) < 4.78 is 26.9. The van der Waals surface area contributed by atoms with E-state index >= 15 is 0 Å². The zero-order valence-corrected chi connectivity index (χ0v) is 11.0. The lowest BCUT2D eigenvalue weighted by molar-refractivity contribution is 0.572. The molecule has 0 radical (unpaired) electrons. The van der Waals surface area contributed by atoms with Gasteiger partial charge in [0.2, 0.25) is 0 Å². The van der Waals surface area contributed by atoms with Crippen LogP contribution in [0.4, 0.5) is 14.5 Å². The molecule has 0 aliphatic carbocycles. The average Bonchev–Trinajstić information content (AvgIpc) is 2.32. The van der Waals surface area contributed by atoms with E-state index in [-0.39, 0.29) is 0 Å². The van der Waals surface area contributed by atoms with E-state index in [2.05, 4.69) is 26.2 Å². The second-order valence-corrected chi connectivity index (χ2v) is 4.72. The predicted molar refractivity (Wildman–Crippen MR) is 70.5 cm³/mol. The van der Waals surface area contributed by atoms with Crippen LogP contribution in [0.1, 0.15) is 5.56 Å². The van der Waals surface area contributed by atoms with Crippen molar-refractivity contribution in [3.05, 3.63) is 58.3 Å². The molecule has 1 aromatic carbocycles. The molecule has 0 saturated carbocycles. The second-order valence-electron chi connectivity index (χ2n) is 3.80. The first-order valence-corrected chi connectivity index (χ1v) is 6.23. The molecule has 0 bridgehead atoms. The first-order valence-electron chi connectivity index (χ1n) is 5.43. The van der Waals surface area contributed by atoms with E-state index in [1.807, 2.05) is 6.07 Å². The lowest BCUT2D eigenvalue weighted by atomic mass is 10.1. The van der Waals surface area contributed by atoms with E-state index in [0.717, 1.165) is 16.2 Å². The van der Waals surface area contributed by atoms with Gasteiger partial charge in [0.15, 0.2) is 0 Å². The van der Waals surface area contributed by atoms with Gasteiger partial charge in [-0.25, -0.2) is 8.78 Å². The van der Waals surface area contributed by atoms with Crippen molar-refractivity contribution in [1.29, 1.82) is 0 Å². The number of pyridine rings is 1. The van der Waals surface area contributed by atoms with Crippen LogP contribution in [0.15, 0.2) is 41.1 Å². The Labute approximate surface area is 112 Å². The predicted octanol–water partition coefficient (Wildman–Crippen LogP) is 3.78.